The number of aliphatic imine (C=N–C) groups is 1. The summed E-state index contributed by atoms with van der Waals surface area (Å²) in [5.41, 5.74) is 3.12. The minimum absolute atomic E-state index is 0.0542. The molecule has 0 bridgehead atoms. The first-order chi connectivity index (χ1) is 14.2. The van der Waals surface area contributed by atoms with E-state index in [2.05, 4.69) is 10.3 Å². The van der Waals surface area contributed by atoms with Gasteiger partial charge in [-0.15, -0.1) is 0 Å². The van der Waals surface area contributed by atoms with Gasteiger partial charge in [0.2, 0.25) is 5.91 Å². The lowest BCUT2D eigenvalue weighted by Crippen LogP contribution is -2.40. The number of benzene rings is 2. The Bertz CT molecular complexity index is 1130. The van der Waals surface area contributed by atoms with Crippen molar-refractivity contribution in [2.75, 3.05) is 27.5 Å². The molecule has 1 N–H and O–H groups in total. The summed E-state index contributed by atoms with van der Waals surface area (Å²) in [5.74, 6) is -0.691. The van der Waals surface area contributed by atoms with Crippen LogP contribution < -0.4 is 10.2 Å². The molecule has 1 amide bonds. The van der Waals surface area contributed by atoms with Crippen molar-refractivity contribution in [3.63, 3.8) is 0 Å². The van der Waals surface area contributed by atoms with Crippen molar-refractivity contribution in [1.29, 1.82) is 0 Å². The standard InChI is InChI=1S/C21H22FN3O3S2/c1-13-6-5-8-16(14(13)2)23-20(26)10-29-21-24-17-11-30(27,28)12-19(17)25(21)18-9-4-3-7-15(18)22/h3-9,17,19H,10-12H2,1-2H3,(H,23,26)/t17-,19-/m1/s1. The number of amidine groups is 1. The van der Waals surface area contributed by atoms with E-state index in [1.807, 2.05) is 32.0 Å². The zero-order valence-corrected chi connectivity index (χ0v) is 18.3. The van der Waals surface area contributed by atoms with Crippen molar-refractivity contribution in [3.05, 3.63) is 59.4 Å². The van der Waals surface area contributed by atoms with Crippen molar-refractivity contribution in [3.8, 4) is 0 Å². The Kier molecular flexibility index (Phi) is 5.59. The molecule has 2 aliphatic heterocycles. The Hall–Kier alpha value is -2.39. The van der Waals surface area contributed by atoms with Gasteiger partial charge in [0.15, 0.2) is 15.0 Å². The molecule has 30 heavy (non-hydrogen) atoms. The Morgan fingerprint density at radius 3 is 2.73 bits per heavy atom. The summed E-state index contributed by atoms with van der Waals surface area (Å²) in [5, 5.41) is 3.37. The van der Waals surface area contributed by atoms with Gasteiger partial charge in [-0.2, -0.15) is 0 Å². The number of rotatable bonds is 4. The van der Waals surface area contributed by atoms with Crippen LogP contribution >= 0.6 is 11.8 Å². The third-order valence-corrected chi connectivity index (χ3v) is 8.10. The molecule has 2 atom stereocenters. The third kappa shape index (κ3) is 4.09. The fourth-order valence-electron chi connectivity index (χ4n) is 3.76. The topological polar surface area (TPSA) is 78.8 Å². The fourth-order valence-corrected chi connectivity index (χ4v) is 6.52. The highest BCUT2D eigenvalue weighted by Crippen LogP contribution is 2.36. The molecular formula is C21H22FN3O3S2. The van der Waals surface area contributed by atoms with Gasteiger partial charge in [-0.3, -0.25) is 9.79 Å². The number of aryl methyl sites for hydroxylation is 1. The average molecular weight is 448 g/mol. The zero-order valence-electron chi connectivity index (χ0n) is 16.6. The maximum absolute atomic E-state index is 14.5. The Labute approximate surface area is 179 Å². The van der Waals surface area contributed by atoms with Crippen LogP contribution in [0.5, 0.6) is 0 Å². The Morgan fingerprint density at radius 2 is 1.97 bits per heavy atom. The fraction of sp³-hybridized carbons (Fsp3) is 0.333. The second-order valence-corrected chi connectivity index (χ2v) is 10.6. The molecule has 4 rings (SSSR count). The van der Waals surface area contributed by atoms with Crippen LogP contribution in [-0.4, -0.2) is 48.8 Å². The van der Waals surface area contributed by atoms with E-state index in [0.29, 0.717) is 5.17 Å². The molecule has 0 spiro atoms. The van der Waals surface area contributed by atoms with Crippen LogP contribution in [0.1, 0.15) is 11.1 Å². The van der Waals surface area contributed by atoms with Crippen LogP contribution in [0.25, 0.3) is 0 Å². The van der Waals surface area contributed by atoms with Gasteiger partial charge in [-0.25, -0.2) is 12.8 Å². The summed E-state index contributed by atoms with van der Waals surface area (Å²) in [7, 11) is -3.22. The summed E-state index contributed by atoms with van der Waals surface area (Å²) < 4.78 is 38.7. The van der Waals surface area contributed by atoms with Gasteiger partial charge in [0.05, 0.1) is 35.0 Å². The minimum Gasteiger partial charge on any atom is -0.325 e. The second-order valence-electron chi connectivity index (χ2n) is 7.53. The highest BCUT2D eigenvalue weighted by Gasteiger charge is 2.47. The molecule has 2 aliphatic rings. The first kappa shape index (κ1) is 20.9. The smallest absolute Gasteiger partial charge is 0.234 e. The number of sulfone groups is 1. The molecule has 1 saturated heterocycles. The number of anilines is 2. The summed E-state index contributed by atoms with van der Waals surface area (Å²) >= 11 is 1.19. The van der Waals surface area contributed by atoms with E-state index < -0.39 is 27.7 Å². The van der Waals surface area contributed by atoms with Gasteiger partial charge in [0.1, 0.15) is 5.82 Å². The number of fused-ring (bicyclic) bond motifs is 1. The van der Waals surface area contributed by atoms with Crippen molar-refractivity contribution < 1.29 is 17.6 Å². The Balaban J connectivity index is 1.52. The molecular weight excluding hydrogens is 425 g/mol. The number of nitrogens with zero attached hydrogens (tertiary/aromatic N) is 2. The van der Waals surface area contributed by atoms with E-state index in [4.69, 9.17) is 0 Å². The predicted molar refractivity (Wildman–Crippen MR) is 120 cm³/mol. The van der Waals surface area contributed by atoms with Gasteiger partial charge < -0.3 is 10.2 Å². The van der Waals surface area contributed by atoms with E-state index in [-0.39, 0.29) is 28.9 Å². The van der Waals surface area contributed by atoms with Crippen molar-refractivity contribution in [1.82, 2.24) is 0 Å². The Morgan fingerprint density at radius 1 is 1.20 bits per heavy atom. The van der Waals surface area contributed by atoms with Crippen LogP contribution in [0, 0.1) is 19.7 Å². The van der Waals surface area contributed by atoms with Gasteiger partial charge >= 0.3 is 0 Å². The molecule has 2 aromatic rings. The van der Waals surface area contributed by atoms with E-state index in [1.54, 1.807) is 23.1 Å². The predicted octanol–water partition coefficient (Wildman–Crippen LogP) is 3.16. The number of hydrogen-bond donors (Lipinski definition) is 1. The summed E-state index contributed by atoms with van der Waals surface area (Å²) in [6.45, 7) is 3.92. The SMILES string of the molecule is Cc1cccc(NC(=O)CSC2=N[C@@H]3CS(=O)(=O)C[C@H]3N2c2ccccc2F)c1C. The quantitative estimate of drug-likeness (QED) is 0.779. The van der Waals surface area contributed by atoms with E-state index >= 15 is 0 Å². The summed E-state index contributed by atoms with van der Waals surface area (Å²) in [6.07, 6.45) is 0. The number of halogens is 1. The average Bonchev–Trinajstić information content (AvgIpc) is 3.15. The summed E-state index contributed by atoms with van der Waals surface area (Å²) in [4.78, 5) is 18.7. The largest absolute Gasteiger partial charge is 0.325 e. The van der Waals surface area contributed by atoms with Crippen LogP contribution in [0.2, 0.25) is 0 Å². The molecule has 1 fully saturated rings. The highest BCUT2D eigenvalue weighted by molar-refractivity contribution is 8.14. The van der Waals surface area contributed by atoms with Crippen LogP contribution in [0.4, 0.5) is 15.8 Å². The van der Waals surface area contributed by atoms with Crippen LogP contribution in [0.3, 0.4) is 0 Å². The number of carbonyl (C=O) groups excluding carboxylic acids is 1. The maximum Gasteiger partial charge on any atom is 0.234 e. The first-order valence-electron chi connectivity index (χ1n) is 9.56. The molecule has 0 saturated carbocycles. The lowest BCUT2D eigenvalue weighted by Gasteiger charge is -2.26. The lowest BCUT2D eigenvalue weighted by molar-refractivity contribution is -0.113. The monoisotopic (exact) mass is 447 g/mol. The number of amides is 1. The van der Waals surface area contributed by atoms with Gasteiger partial charge in [-0.05, 0) is 43.2 Å². The van der Waals surface area contributed by atoms with E-state index in [1.165, 1.54) is 17.8 Å². The third-order valence-electron chi connectivity index (χ3n) is 5.43. The molecule has 2 heterocycles. The summed E-state index contributed by atoms with van der Waals surface area (Å²) in [6, 6.07) is 11.0. The number of nitrogens with one attached hydrogen (secondary N) is 1. The number of para-hydroxylation sites is 1. The van der Waals surface area contributed by atoms with Crippen molar-refractivity contribution in [2.45, 2.75) is 25.9 Å². The lowest BCUT2D eigenvalue weighted by atomic mass is 10.1. The molecule has 0 unspecified atom stereocenters. The van der Waals surface area contributed by atoms with Crippen LogP contribution in [0.15, 0.2) is 47.5 Å². The van der Waals surface area contributed by atoms with Gasteiger partial charge in [-0.1, -0.05) is 36.0 Å². The molecule has 0 aromatic heterocycles. The molecule has 6 nitrogen and oxygen atoms in total. The van der Waals surface area contributed by atoms with Gasteiger partial charge in [0, 0.05) is 5.69 Å². The van der Waals surface area contributed by atoms with Crippen molar-refractivity contribution in [2.24, 2.45) is 4.99 Å². The second kappa shape index (κ2) is 8.03. The molecule has 0 radical (unpaired) electrons. The zero-order chi connectivity index (χ0) is 21.5. The van der Waals surface area contributed by atoms with Gasteiger partial charge in [0.25, 0.3) is 0 Å². The normalized spacial score (nSPS) is 22.0. The maximum atomic E-state index is 14.5. The molecule has 9 heteroatoms. The first-order valence-corrected chi connectivity index (χ1v) is 12.4. The van der Waals surface area contributed by atoms with E-state index in [9.17, 15) is 17.6 Å². The number of hydrogen-bond acceptors (Lipinski definition) is 6. The van der Waals surface area contributed by atoms with Crippen LogP contribution in [-0.2, 0) is 14.6 Å². The van der Waals surface area contributed by atoms with E-state index in [0.717, 1.165) is 16.8 Å². The minimum atomic E-state index is -3.22. The molecule has 0 aliphatic carbocycles. The molecule has 2 aromatic carbocycles. The number of thioether (sulfide) groups is 1. The van der Waals surface area contributed by atoms with Crippen molar-refractivity contribution >= 4 is 44.0 Å². The highest BCUT2D eigenvalue weighted by atomic mass is 32.2. The molecule has 158 valence electrons. The number of carbonyl (C=O) groups is 1.